The predicted octanol–water partition coefficient (Wildman–Crippen LogP) is 6.14. The molecule has 2 heterocycles. The largest absolute Gasteiger partial charge is 0.492 e. The van der Waals surface area contributed by atoms with Crippen molar-refractivity contribution < 1.29 is 4.74 Å². The fraction of sp³-hybridized carbons (Fsp3) is 0.444. The third-order valence-electron chi connectivity index (χ3n) is 7.08. The zero-order chi connectivity index (χ0) is 24.2. The molecular weight excluding hydrogens is 499 g/mol. The number of hydrogen-bond donors (Lipinski definition) is 1. The van der Waals surface area contributed by atoms with E-state index in [9.17, 15) is 0 Å². The number of fused-ring (bicyclic) bond motifs is 1. The van der Waals surface area contributed by atoms with Gasteiger partial charge in [-0.25, -0.2) is 0 Å². The predicted molar refractivity (Wildman–Crippen MR) is 145 cm³/mol. The van der Waals surface area contributed by atoms with E-state index in [4.69, 9.17) is 27.9 Å². The van der Waals surface area contributed by atoms with E-state index >= 15 is 0 Å². The second kappa shape index (κ2) is 11.6. The zero-order valence-electron chi connectivity index (χ0n) is 20.1. The number of likely N-dealkylation sites (tertiary alicyclic amines) is 1. The molecule has 5 rings (SSSR count). The average Bonchev–Trinajstić information content (AvgIpc) is 3.53. The van der Waals surface area contributed by atoms with Crippen LogP contribution in [0.3, 0.4) is 0 Å². The highest BCUT2D eigenvalue weighted by molar-refractivity contribution is 7.97. The molecule has 3 aromatic rings. The lowest BCUT2D eigenvalue weighted by atomic mass is 9.75. The van der Waals surface area contributed by atoms with Gasteiger partial charge >= 0.3 is 0 Å². The van der Waals surface area contributed by atoms with Gasteiger partial charge in [0.15, 0.2) is 0 Å². The van der Waals surface area contributed by atoms with E-state index in [0.29, 0.717) is 28.6 Å². The van der Waals surface area contributed by atoms with Gasteiger partial charge in [0.2, 0.25) is 0 Å². The molecule has 1 N–H and O–H groups in total. The summed E-state index contributed by atoms with van der Waals surface area (Å²) in [5.74, 6) is 1.36. The van der Waals surface area contributed by atoms with Gasteiger partial charge in [-0.15, -0.1) is 0 Å². The van der Waals surface area contributed by atoms with E-state index in [1.54, 1.807) is 16.6 Å². The summed E-state index contributed by atoms with van der Waals surface area (Å²) < 4.78 is 11.3. The quantitative estimate of drug-likeness (QED) is 0.266. The lowest BCUT2D eigenvalue weighted by Gasteiger charge is -2.39. The first-order valence-electron chi connectivity index (χ1n) is 12.4. The van der Waals surface area contributed by atoms with Crippen molar-refractivity contribution in [1.82, 2.24) is 19.4 Å². The summed E-state index contributed by atoms with van der Waals surface area (Å²) in [5, 5.41) is 5.44. The van der Waals surface area contributed by atoms with Crippen LogP contribution >= 0.6 is 35.1 Å². The molecule has 1 aliphatic carbocycles. The van der Waals surface area contributed by atoms with Gasteiger partial charge in [-0.05, 0) is 98.1 Å². The van der Waals surface area contributed by atoms with Crippen molar-refractivity contribution in [1.29, 1.82) is 0 Å². The van der Waals surface area contributed by atoms with Crippen molar-refractivity contribution in [3.63, 3.8) is 0 Å². The molecule has 0 bridgehead atoms. The number of nitrogens with one attached hydrogen (secondary N) is 1. The fourth-order valence-corrected chi connectivity index (χ4v) is 6.40. The lowest BCUT2D eigenvalue weighted by Crippen LogP contribution is -2.41. The summed E-state index contributed by atoms with van der Waals surface area (Å²) >= 11 is 14.1. The Hall–Kier alpha value is -1.70. The molecule has 0 radical (unpaired) electrons. The van der Waals surface area contributed by atoms with Gasteiger partial charge in [0.25, 0.3) is 0 Å². The van der Waals surface area contributed by atoms with Crippen LogP contribution in [0.15, 0.2) is 53.7 Å². The fourth-order valence-electron chi connectivity index (χ4n) is 5.42. The molecule has 1 saturated heterocycles. The maximum absolute atomic E-state index is 6.37. The summed E-state index contributed by atoms with van der Waals surface area (Å²) in [6.45, 7) is 3.77. The van der Waals surface area contributed by atoms with Crippen LogP contribution in [0.1, 0.15) is 41.9 Å². The monoisotopic (exact) mass is 530 g/mol. The van der Waals surface area contributed by atoms with Gasteiger partial charge in [-0.1, -0.05) is 35.3 Å². The number of ether oxygens (including phenoxy) is 1. The van der Waals surface area contributed by atoms with Crippen molar-refractivity contribution in [2.24, 2.45) is 7.05 Å². The third kappa shape index (κ3) is 6.17. The first-order valence-corrected chi connectivity index (χ1v) is 14.0. The maximum atomic E-state index is 6.37. The highest BCUT2D eigenvalue weighted by Gasteiger charge is 2.35. The smallest absolute Gasteiger partial charge is 0.119 e. The minimum atomic E-state index is 0.414. The van der Waals surface area contributed by atoms with E-state index in [1.807, 2.05) is 31.6 Å². The molecule has 35 heavy (non-hydrogen) atoms. The van der Waals surface area contributed by atoms with Gasteiger partial charge in [-0.3, -0.25) is 14.3 Å². The Balaban J connectivity index is 1.29. The first kappa shape index (κ1) is 25.0. The van der Waals surface area contributed by atoms with Crippen LogP contribution in [0.4, 0.5) is 0 Å². The van der Waals surface area contributed by atoms with Gasteiger partial charge in [-0.2, -0.15) is 5.10 Å². The molecule has 5 nitrogen and oxygen atoms in total. The van der Waals surface area contributed by atoms with Crippen molar-refractivity contribution >= 4 is 35.1 Å². The summed E-state index contributed by atoms with van der Waals surface area (Å²) in [6.07, 6.45) is 9.73. The standard InChI is InChI=1S/C27H32Cl2N4OS/c1-32-18-22(17-30-32)35-31-10-13-34-21-7-5-20-6-9-27(33-11-2-3-12-33)24(23(20)16-21)14-19-4-8-25(28)26(29)15-19/h4-5,7-8,15-18,24,27,31H,2-3,6,9-14H2,1H3. The Bertz CT molecular complexity index is 1150. The van der Waals surface area contributed by atoms with Crippen LogP contribution in [0, 0.1) is 0 Å². The molecule has 2 aliphatic rings. The van der Waals surface area contributed by atoms with E-state index in [2.05, 4.69) is 39.0 Å². The van der Waals surface area contributed by atoms with Crippen LogP contribution < -0.4 is 9.46 Å². The number of benzene rings is 2. The first-order chi connectivity index (χ1) is 17.1. The molecule has 1 aliphatic heterocycles. The van der Waals surface area contributed by atoms with Crippen molar-refractivity contribution in [2.45, 2.75) is 49.0 Å². The normalized spacial score (nSPS) is 20.2. The van der Waals surface area contributed by atoms with E-state index in [-0.39, 0.29) is 0 Å². The molecule has 1 fully saturated rings. The van der Waals surface area contributed by atoms with Crippen molar-refractivity contribution in [2.75, 3.05) is 26.2 Å². The number of rotatable bonds is 9. The number of aryl methyl sites for hydroxylation is 2. The maximum Gasteiger partial charge on any atom is 0.119 e. The Labute approximate surface area is 222 Å². The van der Waals surface area contributed by atoms with Crippen LogP contribution in [0.5, 0.6) is 5.75 Å². The number of hydrogen-bond acceptors (Lipinski definition) is 5. The summed E-state index contributed by atoms with van der Waals surface area (Å²) in [5.41, 5.74) is 4.11. The van der Waals surface area contributed by atoms with Gasteiger partial charge in [0.1, 0.15) is 12.4 Å². The van der Waals surface area contributed by atoms with Gasteiger partial charge in [0, 0.05) is 31.7 Å². The Morgan fingerprint density at radius 1 is 1.11 bits per heavy atom. The molecular formula is C27H32Cl2N4OS. The molecule has 0 amide bonds. The molecule has 186 valence electrons. The van der Waals surface area contributed by atoms with E-state index < -0.39 is 0 Å². The van der Waals surface area contributed by atoms with Crippen LogP contribution in [0.2, 0.25) is 10.0 Å². The minimum Gasteiger partial charge on any atom is -0.492 e. The average molecular weight is 532 g/mol. The summed E-state index contributed by atoms with van der Waals surface area (Å²) in [7, 11) is 1.92. The highest BCUT2D eigenvalue weighted by atomic mass is 35.5. The Morgan fingerprint density at radius 3 is 2.74 bits per heavy atom. The molecule has 0 saturated carbocycles. The highest BCUT2D eigenvalue weighted by Crippen LogP contribution is 2.40. The summed E-state index contributed by atoms with van der Waals surface area (Å²) in [6, 6.07) is 13.3. The van der Waals surface area contributed by atoms with Gasteiger partial charge in [0.05, 0.1) is 21.1 Å². The third-order valence-corrected chi connectivity index (χ3v) is 8.62. The van der Waals surface area contributed by atoms with Crippen molar-refractivity contribution in [3.8, 4) is 5.75 Å². The number of nitrogens with zero attached hydrogens (tertiary/aromatic N) is 3. The van der Waals surface area contributed by atoms with E-state index in [0.717, 1.165) is 30.0 Å². The van der Waals surface area contributed by atoms with Crippen LogP contribution in [-0.4, -0.2) is 47.0 Å². The molecule has 2 unspecified atom stereocenters. The SMILES string of the molecule is Cn1cc(SNCCOc2ccc3c(c2)C(Cc2ccc(Cl)c(Cl)c2)C(N2CCCC2)CC3)cn1. The van der Waals surface area contributed by atoms with Crippen molar-refractivity contribution in [3.05, 3.63) is 75.5 Å². The molecule has 0 spiro atoms. The van der Waals surface area contributed by atoms with E-state index in [1.165, 1.54) is 49.0 Å². The number of halogens is 2. The Morgan fingerprint density at radius 2 is 1.97 bits per heavy atom. The number of aromatic nitrogens is 2. The second-order valence-electron chi connectivity index (χ2n) is 9.46. The molecule has 8 heteroatoms. The molecule has 1 aromatic heterocycles. The second-order valence-corrected chi connectivity index (χ2v) is 11.2. The lowest BCUT2D eigenvalue weighted by molar-refractivity contribution is 0.188. The molecule has 2 atom stereocenters. The van der Waals surface area contributed by atoms with Crippen LogP contribution in [-0.2, 0) is 19.9 Å². The molecule has 2 aromatic carbocycles. The topological polar surface area (TPSA) is 42.3 Å². The van der Waals surface area contributed by atoms with Gasteiger partial charge < -0.3 is 4.74 Å². The Kier molecular flexibility index (Phi) is 8.25. The minimum absolute atomic E-state index is 0.414. The van der Waals surface area contributed by atoms with Crippen LogP contribution in [0.25, 0.3) is 0 Å². The summed E-state index contributed by atoms with van der Waals surface area (Å²) in [4.78, 5) is 3.80. The zero-order valence-corrected chi connectivity index (χ0v) is 22.4.